The van der Waals surface area contributed by atoms with Crippen LogP contribution in [0.2, 0.25) is 0 Å². The van der Waals surface area contributed by atoms with Crippen LogP contribution in [0.1, 0.15) is 36.6 Å². The van der Waals surface area contributed by atoms with Crippen molar-refractivity contribution in [1.82, 2.24) is 10.2 Å². The van der Waals surface area contributed by atoms with Crippen LogP contribution in [0.15, 0.2) is 4.79 Å². The van der Waals surface area contributed by atoms with E-state index < -0.39 is 0 Å². The van der Waals surface area contributed by atoms with E-state index in [2.05, 4.69) is 24.0 Å². The molecule has 0 aromatic carbocycles. The van der Waals surface area contributed by atoms with Crippen LogP contribution < -0.4 is 5.56 Å². The zero-order valence-corrected chi connectivity index (χ0v) is 9.28. The summed E-state index contributed by atoms with van der Waals surface area (Å²) in [5, 5.41) is 6.73. The van der Waals surface area contributed by atoms with Crippen molar-refractivity contribution in [2.45, 2.75) is 31.9 Å². The highest BCUT2D eigenvalue weighted by Gasteiger charge is 2.19. The molecule has 1 aromatic rings. The van der Waals surface area contributed by atoms with Crippen LogP contribution in [0.25, 0.3) is 0 Å². The quantitative estimate of drug-likeness (QED) is 0.767. The molecular weight excluding hydrogens is 196 g/mol. The predicted octanol–water partition coefficient (Wildman–Crippen LogP) is 1.68. The van der Waals surface area contributed by atoms with Crippen LogP contribution in [0.4, 0.5) is 0 Å². The predicted molar refractivity (Wildman–Crippen MR) is 58.8 cm³/mol. The van der Waals surface area contributed by atoms with Gasteiger partial charge in [0.2, 0.25) is 0 Å². The molecule has 0 fully saturated rings. The molecule has 76 valence electrons. The fourth-order valence-electron chi connectivity index (χ4n) is 1.80. The molecule has 0 aliphatic carbocycles. The Morgan fingerprint density at radius 2 is 2.21 bits per heavy atom. The van der Waals surface area contributed by atoms with Crippen molar-refractivity contribution in [2.75, 3.05) is 5.75 Å². The minimum atomic E-state index is -0.00315. The van der Waals surface area contributed by atoms with Gasteiger partial charge in [0.25, 0.3) is 5.56 Å². The second kappa shape index (κ2) is 3.77. The fourth-order valence-corrected chi connectivity index (χ4v) is 2.80. The van der Waals surface area contributed by atoms with Gasteiger partial charge < -0.3 is 0 Å². The summed E-state index contributed by atoms with van der Waals surface area (Å²) >= 11 is 1.82. The number of thioether (sulfide) groups is 1. The Morgan fingerprint density at radius 1 is 1.43 bits per heavy atom. The standard InChI is InChI=1S/C10H14N2OS/c1-6(2)9-7-3-4-14-5-8(7)10(13)12-11-9/h6H,3-5H2,1-2H3,(H,12,13). The van der Waals surface area contributed by atoms with E-state index in [0.717, 1.165) is 29.2 Å². The van der Waals surface area contributed by atoms with E-state index >= 15 is 0 Å². The monoisotopic (exact) mass is 210 g/mol. The Morgan fingerprint density at radius 3 is 2.93 bits per heavy atom. The molecule has 1 aromatic heterocycles. The Bertz CT molecular complexity index is 398. The average molecular weight is 210 g/mol. The lowest BCUT2D eigenvalue weighted by Crippen LogP contribution is -2.23. The molecule has 0 atom stereocenters. The molecular formula is C10H14N2OS. The molecule has 3 nitrogen and oxygen atoms in total. The summed E-state index contributed by atoms with van der Waals surface area (Å²) in [4.78, 5) is 11.5. The van der Waals surface area contributed by atoms with Crippen molar-refractivity contribution < 1.29 is 0 Å². The summed E-state index contributed by atoms with van der Waals surface area (Å²) in [6.07, 6.45) is 0.991. The van der Waals surface area contributed by atoms with Gasteiger partial charge in [-0.1, -0.05) is 13.8 Å². The fraction of sp³-hybridized carbons (Fsp3) is 0.600. The van der Waals surface area contributed by atoms with Crippen molar-refractivity contribution in [2.24, 2.45) is 0 Å². The first-order chi connectivity index (χ1) is 6.70. The first-order valence-corrected chi connectivity index (χ1v) is 6.03. The van der Waals surface area contributed by atoms with E-state index in [9.17, 15) is 4.79 Å². The number of rotatable bonds is 1. The first kappa shape index (κ1) is 9.77. The van der Waals surface area contributed by atoms with Crippen LogP contribution in [0, 0.1) is 0 Å². The molecule has 0 radical (unpaired) electrons. The van der Waals surface area contributed by atoms with E-state index in [1.807, 2.05) is 11.8 Å². The van der Waals surface area contributed by atoms with E-state index in [1.165, 1.54) is 5.56 Å². The topological polar surface area (TPSA) is 45.8 Å². The normalized spacial score (nSPS) is 15.6. The zero-order chi connectivity index (χ0) is 10.1. The largest absolute Gasteiger partial charge is 0.268 e. The number of hydrogen-bond donors (Lipinski definition) is 1. The Balaban J connectivity index is 2.59. The lowest BCUT2D eigenvalue weighted by atomic mass is 9.99. The van der Waals surface area contributed by atoms with Gasteiger partial charge in [0.1, 0.15) is 0 Å². The molecule has 1 aliphatic rings. The van der Waals surface area contributed by atoms with Crippen molar-refractivity contribution in [3.63, 3.8) is 0 Å². The van der Waals surface area contributed by atoms with Crippen LogP contribution >= 0.6 is 11.8 Å². The Hall–Kier alpha value is -0.770. The van der Waals surface area contributed by atoms with Gasteiger partial charge >= 0.3 is 0 Å². The molecule has 0 spiro atoms. The van der Waals surface area contributed by atoms with Crippen LogP contribution in [-0.4, -0.2) is 16.0 Å². The summed E-state index contributed by atoms with van der Waals surface area (Å²) in [5.41, 5.74) is 3.21. The highest BCUT2D eigenvalue weighted by atomic mass is 32.2. The summed E-state index contributed by atoms with van der Waals surface area (Å²) in [7, 11) is 0. The number of aromatic amines is 1. The van der Waals surface area contributed by atoms with Crippen LogP contribution in [-0.2, 0) is 12.2 Å². The molecule has 4 heteroatoms. The molecule has 2 rings (SSSR count). The maximum Gasteiger partial charge on any atom is 0.268 e. The third-order valence-corrected chi connectivity index (χ3v) is 3.50. The third-order valence-electron chi connectivity index (χ3n) is 2.52. The smallest absolute Gasteiger partial charge is 0.268 e. The van der Waals surface area contributed by atoms with Gasteiger partial charge in [0.05, 0.1) is 5.69 Å². The maximum atomic E-state index is 11.5. The van der Waals surface area contributed by atoms with Gasteiger partial charge in [-0.2, -0.15) is 16.9 Å². The molecule has 1 aliphatic heterocycles. The molecule has 0 bridgehead atoms. The number of hydrogen-bond acceptors (Lipinski definition) is 3. The number of nitrogens with zero attached hydrogens (tertiary/aromatic N) is 1. The summed E-state index contributed by atoms with van der Waals surface area (Å²) in [5.74, 6) is 2.34. The highest BCUT2D eigenvalue weighted by molar-refractivity contribution is 7.98. The van der Waals surface area contributed by atoms with Crippen molar-refractivity contribution in [1.29, 1.82) is 0 Å². The van der Waals surface area contributed by atoms with Crippen molar-refractivity contribution >= 4 is 11.8 Å². The summed E-state index contributed by atoms with van der Waals surface area (Å²) < 4.78 is 0. The van der Waals surface area contributed by atoms with E-state index in [-0.39, 0.29) is 5.56 Å². The second-order valence-corrected chi connectivity index (χ2v) is 4.96. The molecule has 0 saturated heterocycles. The second-order valence-electron chi connectivity index (χ2n) is 3.85. The SMILES string of the molecule is CC(C)c1n[nH]c(=O)c2c1CCSC2. The lowest BCUT2D eigenvalue weighted by Gasteiger charge is -2.18. The number of nitrogens with one attached hydrogen (secondary N) is 1. The minimum Gasteiger partial charge on any atom is -0.268 e. The Labute approximate surface area is 87.3 Å². The number of H-pyrrole nitrogens is 1. The first-order valence-electron chi connectivity index (χ1n) is 4.88. The van der Waals surface area contributed by atoms with Gasteiger partial charge in [0.15, 0.2) is 0 Å². The average Bonchev–Trinajstić information content (AvgIpc) is 2.18. The number of aromatic nitrogens is 2. The van der Waals surface area contributed by atoms with Crippen molar-refractivity contribution in [3.8, 4) is 0 Å². The lowest BCUT2D eigenvalue weighted by molar-refractivity contribution is 0.744. The molecule has 2 heterocycles. The maximum absolute atomic E-state index is 11.5. The van der Waals surface area contributed by atoms with Gasteiger partial charge in [-0.25, -0.2) is 5.10 Å². The van der Waals surface area contributed by atoms with Gasteiger partial charge in [0, 0.05) is 11.3 Å². The van der Waals surface area contributed by atoms with Crippen LogP contribution in [0.3, 0.4) is 0 Å². The highest BCUT2D eigenvalue weighted by Crippen LogP contribution is 2.26. The summed E-state index contributed by atoms with van der Waals surface area (Å²) in [6, 6.07) is 0. The molecule has 0 unspecified atom stereocenters. The molecule has 1 N–H and O–H groups in total. The van der Waals surface area contributed by atoms with Gasteiger partial charge in [-0.05, 0) is 23.7 Å². The minimum absolute atomic E-state index is 0.00315. The van der Waals surface area contributed by atoms with Crippen molar-refractivity contribution in [3.05, 3.63) is 27.2 Å². The van der Waals surface area contributed by atoms with Gasteiger partial charge in [-0.3, -0.25) is 4.79 Å². The summed E-state index contributed by atoms with van der Waals surface area (Å²) in [6.45, 7) is 4.23. The third kappa shape index (κ3) is 1.59. The Kier molecular flexibility index (Phi) is 2.63. The molecule has 0 amide bonds. The zero-order valence-electron chi connectivity index (χ0n) is 8.46. The van der Waals surface area contributed by atoms with Gasteiger partial charge in [-0.15, -0.1) is 0 Å². The van der Waals surface area contributed by atoms with E-state index in [1.54, 1.807) is 0 Å². The van der Waals surface area contributed by atoms with Crippen LogP contribution in [0.5, 0.6) is 0 Å². The van der Waals surface area contributed by atoms with E-state index in [4.69, 9.17) is 0 Å². The molecule has 0 saturated carbocycles. The van der Waals surface area contributed by atoms with E-state index in [0.29, 0.717) is 5.92 Å². The number of fused-ring (bicyclic) bond motifs is 1. The molecule has 14 heavy (non-hydrogen) atoms.